The summed E-state index contributed by atoms with van der Waals surface area (Å²) >= 11 is 0. The van der Waals surface area contributed by atoms with Gasteiger partial charge >= 0.3 is 12.5 Å². The van der Waals surface area contributed by atoms with Crippen LogP contribution in [0.4, 0.5) is 17.6 Å². The first-order valence-corrected chi connectivity index (χ1v) is 8.20. The fraction of sp³-hybridized carbons (Fsp3) is 0.647. The maximum atomic E-state index is 13.4. The Morgan fingerprint density at radius 3 is 2.32 bits per heavy atom. The average molecular weight is 385 g/mol. The molecule has 2 rings (SSSR count). The zero-order chi connectivity index (χ0) is 17.7. The molecule has 3 nitrogen and oxygen atoms in total. The normalized spacial score (nSPS) is 17.4. The Balaban J connectivity index is 0.00000312. The van der Waals surface area contributed by atoms with Crippen molar-refractivity contribution in [2.24, 2.45) is 5.92 Å². The minimum Gasteiger partial charge on any atom is -0.428 e. The molecule has 144 valence electrons. The van der Waals surface area contributed by atoms with Gasteiger partial charge in [-0.3, -0.25) is 4.90 Å². The fourth-order valence-electron chi connectivity index (χ4n) is 2.95. The third-order valence-electron chi connectivity index (χ3n) is 4.07. The highest BCUT2D eigenvalue weighted by Gasteiger charge is 2.44. The second-order valence-corrected chi connectivity index (χ2v) is 6.43. The van der Waals surface area contributed by atoms with Crippen LogP contribution in [0.5, 0.6) is 5.75 Å². The predicted octanol–water partition coefficient (Wildman–Crippen LogP) is 4.34. The van der Waals surface area contributed by atoms with E-state index >= 15 is 0 Å². The summed E-state index contributed by atoms with van der Waals surface area (Å²) in [4.78, 5) is 2.19. The van der Waals surface area contributed by atoms with Crippen LogP contribution in [0.15, 0.2) is 24.3 Å². The number of hydrogen-bond donors (Lipinski definition) is 1. The molecular formula is C17H25ClF4N2O. The van der Waals surface area contributed by atoms with Crippen molar-refractivity contribution in [1.29, 1.82) is 0 Å². The summed E-state index contributed by atoms with van der Waals surface area (Å²) in [6.07, 6.45) is -7.63. The number of hydrogen-bond acceptors (Lipinski definition) is 3. The van der Waals surface area contributed by atoms with Crippen LogP contribution in [0.1, 0.15) is 31.9 Å². The van der Waals surface area contributed by atoms with Crippen molar-refractivity contribution in [3.05, 3.63) is 29.8 Å². The fourth-order valence-corrected chi connectivity index (χ4v) is 2.95. The van der Waals surface area contributed by atoms with E-state index < -0.39 is 12.5 Å². The van der Waals surface area contributed by atoms with E-state index in [1.807, 2.05) is 13.8 Å². The van der Waals surface area contributed by atoms with Gasteiger partial charge in [0.1, 0.15) is 5.75 Å². The van der Waals surface area contributed by atoms with Crippen LogP contribution in [-0.2, 0) is 0 Å². The van der Waals surface area contributed by atoms with Crippen LogP contribution in [-0.4, -0.2) is 43.6 Å². The molecule has 0 aliphatic carbocycles. The maximum Gasteiger partial charge on any atom is 0.461 e. The zero-order valence-electron chi connectivity index (χ0n) is 14.4. The summed E-state index contributed by atoms with van der Waals surface area (Å²) in [6.45, 7) is 7.27. The van der Waals surface area contributed by atoms with Gasteiger partial charge in [0.15, 0.2) is 0 Å². The number of nitrogens with one attached hydrogen (secondary N) is 1. The number of benzene rings is 1. The van der Waals surface area contributed by atoms with Gasteiger partial charge in [0.2, 0.25) is 0 Å². The van der Waals surface area contributed by atoms with Crippen molar-refractivity contribution >= 4 is 12.4 Å². The van der Waals surface area contributed by atoms with Gasteiger partial charge in [-0.2, -0.15) is 17.6 Å². The number of ether oxygens (including phenoxy) is 1. The van der Waals surface area contributed by atoms with Gasteiger partial charge < -0.3 is 10.1 Å². The van der Waals surface area contributed by atoms with Crippen molar-refractivity contribution in [2.75, 3.05) is 26.2 Å². The molecule has 1 saturated heterocycles. The molecule has 0 bridgehead atoms. The highest BCUT2D eigenvalue weighted by Crippen LogP contribution is 2.37. The summed E-state index contributed by atoms with van der Waals surface area (Å²) in [5.74, 6) is 0.153. The molecule has 0 aromatic heterocycles. The Kier molecular flexibility index (Phi) is 8.44. The van der Waals surface area contributed by atoms with E-state index in [-0.39, 0.29) is 24.2 Å². The molecule has 0 unspecified atom stereocenters. The Labute approximate surface area is 152 Å². The Bertz CT molecular complexity index is 525. The first-order valence-electron chi connectivity index (χ1n) is 8.20. The number of rotatable bonds is 7. The third kappa shape index (κ3) is 6.01. The van der Waals surface area contributed by atoms with E-state index in [1.54, 1.807) is 12.1 Å². The Morgan fingerprint density at radius 2 is 1.76 bits per heavy atom. The van der Waals surface area contributed by atoms with Crippen LogP contribution in [0, 0.1) is 5.92 Å². The van der Waals surface area contributed by atoms with Crippen molar-refractivity contribution in [3.8, 4) is 5.75 Å². The lowest BCUT2D eigenvalue weighted by Crippen LogP contribution is -2.45. The molecule has 0 radical (unpaired) electrons. The molecule has 1 fully saturated rings. The van der Waals surface area contributed by atoms with Crippen molar-refractivity contribution in [3.63, 3.8) is 0 Å². The van der Waals surface area contributed by atoms with Crippen LogP contribution in [0.3, 0.4) is 0 Å². The highest BCUT2D eigenvalue weighted by molar-refractivity contribution is 5.85. The molecular weight excluding hydrogens is 360 g/mol. The quantitative estimate of drug-likeness (QED) is 0.708. The number of piperazine rings is 1. The molecule has 8 heteroatoms. The van der Waals surface area contributed by atoms with Gasteiger partial charge in [-0.25, -0.2) is 0 Å². The molecule has 0 amide bonds. The second-order valence-electron chi connectivity index (χ2n) is 6.43. The SMILES string of the molecule is CC(C)C[C@H](c1ccccc1OC(F)(F)C(F)F)N1CCNCC1.Cl. The van der Waals surface area contributed by atoms with E-state index in [0.717, 1.165) is 32.6 Å². The van der Waals surface area contributed by atoms with Gasteiger partial charge in [0.25, 0.3) is 0 Å². The summed E-state index contributed by atoms with van der Waals surface area (Å²) < 4.78 is 56.2. The van der Waals surface area contributed by atoms with Gasteiger partial charge in [-0.15, -0.1) is 12.4 Å². The second kappa shape index (κ2) is 9.59. The van der Waals surface area contributed by atoms with Crippen molar-refractivity contribution in [1.82, 2.24) is 10.2 Å². The molecule has 0 saturated carbocycles. The van der Waals surface area contributed by atoms with Crippen LogP contribution < -0.4 is 10.1 Å². The van der Waals surface area contributed by atoms with Crippen molar-refractivity contribution < 1.29 is 22.3 Å². The first kappa shape index (κ1) is 22.0. The standard InChI is InChI=1S/C17H24F4N2O.ClH/c1-12(2)11-14(23-9-7-22-8-10-23)13-5-3-4-6-15(13)24-17(20,21)16(18)19;/h3-6,12,14,16,22H,7-11H2,1-2H3;1H/t14-;/m1./s1. The van der Waals surface area contributed by atoms with Crippen LogP contribution in [0.2, 0.25) is 0 Å². The molecule has 1 aromatic carbocycles. The summed E-state index contributed by atoms with van der Waals surface area (Å²) in [7, 11) is 0. The lowest BCUT2D eigenvalue weighted by Gasteiger charge is -2.37. The first-order chi connectivity index (χ1) is 11.3. The lowest BCUT2D eigenvalue weighted by molar-refractivity contribution is -0.253. The largest absolute Gasteiger partial charge is 0.461 e. The number of nitrogens with zero attached hydrogens (tertiary/aromatic N) is 1. The molecule has 1 aromatic rings. The van der Waals surface area contributed by atoms with Gasteiger partial charge in [-0.1, -0.05) is 32.0 Å². The molecule has 1 atom stereocenters. The monoisotopic (exact) mass is 384 g/mol. The number of para-hydroxylation sites is 1. The molecule has 1 N–H and O–H groups in total. The summed E-state index contributed by atoms with van der Waals surface area (Å²) in [5, 5.41) is 3.25. The van der Waals surface area contributed by atoms with Crippen LogP contribution >= 0.6 is 12.4 Å². The minimum absolute atomic E-state index is 0. The summed E-state index contributed by atoms with van der Waals surface area (Å²) in [6, 6.07) is 6.12. The number of halogens is 5. The van der Waals surface area contributed by atoms with Crippen molar-refractivity contribution in [2.45, 2.75) is 38.8 Å². The Hall–Kier alpha value is -1.05. The number of alkyl halides is 4. The zero-order valence-corrected chi connectivity index (χ0v) is 15.2. The van der Waals surface area contributed by atoms with E-state index in [4.69, 9.17) is 0 Å². The Morgan fingerprint density at radius 1 is 1.16 bits per heavy atom. The summed E-state index contributed by atoms with van der Waals surface area (Å²) in [5.41, 5.74) is 0.536. The van der Waals surface area contributed by atoms with E-state index in [0.29, 0.717) is 11.5 Å². The lowest BCUT2D eigenvalue weighted by atomic mass is 9.94. The minimum atomic E-state index is -4.50. The molecule has 25 heavy (non-hydrogen) atoms. The van der Waals surface area contributed by atoms with E-state index in [9.17, 15) is 17.6 Å². The van der Waals surface area contributed by atoms with Gasteiger partial charge in [0, 0.05) is 37.8 Å². The highest BCUT2D eigenvalue weighted by atomic mass is 35.5. The van der Waals surface area contributed by atoms with Crippen LogP contribution in [0.25, 0.3) is 0 Å². The molecule has 0 spiro atoms. The average Bonchev–Trinajstić information content (AvgIpc) is 2.53. The van der Waals surface area contributed by atoms with Gasteiger partial charge in [0.05, 0.1) is 0 Å². The predicted molar refractivity (Wildman–Crippen MR) is 91.9 cm³/mol. The smallest absolute Gasteiger partial charge is 0.428 e. The van der Waals surface area contributed by atoms with E-state index in [1.165, 1.54) is 12.1 Å². The van der Waals surface area contributed by atoms with Gasteiger partial charge in [-0.05, 0) is 18.4 Å². The maximum absolute atomic E-state index is 13.4. The molecule has 1 aliphatic rings. The van der Waals surface area contributed by atoms with E-state index in [2.05, 4.69) is 15.0 Å². The molecule has 1 aliphatic heterocycles. The third-order valence-corrected chi connectivity index (χ3v) is 4.07. The molecule has 1 heterocycles. The topological polar surface area (TPSA) is 24.5 Å².